The lowest BCUT2D eigenvalue weighted by Gasteiger charge is -2.10. The highest BCUT2D eigenvalue weighted by Crippen LogP contribution is 2.27. The molecule has 0 bridgehead atoms. The van der Waals surface area contributed by atoms with E-state index in [1.165, 1.54) is 12.1 Å². The summed E-state index contributed by atoms with van der Waals surface area (Å²) in [4.78, 5) is 8.07. The van der Waals surface area contributed by atoms with Crippen LogP contribution in [0, 0.1) is 5.82 Å². The van der Waals surface area contributed by atoms with E-state index in [-0.39, 0.29) is 5.82 Å². The number of aromatic nitrogens is 3. The normalized spacial score (nSPS) is 10.7. The molecule has 3 aromatic rings. The van der Waals surface area contributed by atoms with Crippen LogP contribution in [0.3, 0.4) is 0 Å². The molecular weight excluding hydrogens is 279 g/mol. The fourth-order valence-corrected chi connectivity index (χ4v) is 2.24. The fraction of sp³-hybridized carbons (Fsp3) is 0. The molecule has 0 saturated heterocycles. The molecule has 0 unspecified atom stereocenters. The van der Waals surface area contributed by atoms with Crippen molar-refractivity contribution >= 4 is 17.4 Å². The van der Waals surface area contributed by atoms with Crippen LogP contribution >= 0.6 is 11.6 Å². The van der Waals surface area contributed by atoms with Crippen LogP contribution in [0.15, 0.2) is 49.1 Å². The maximum Gasteiger partial charge on any atom is 0.124 e. The van der Waals surface area contributed by atoms with Gasteiger partial charge in [0.1, 0.15) is 11.6 Å². The molecule has 100 valence electrons. The summed E-state index contributed by atoms with van der Waals surface area (Å²) in [6.07, 6.45) is 4.92. The number of pyridine rings is 1. The Morgan fingerprint density at radius 1 is 1.20 bits per heavy atom. The number of nitrogens with two attached hydrogens (primary N) is 1. The first-order valence-corrected chi connectivity index (χ1v) is 6.22. The molecule has 0 radical (unpaired) electrons. The Morgan fingerprint density at radius 3 is 2.80 bits per heavy atom. The van der Waals surface area contributed by atoms with Crippen molar-refractivity contribution in [1.29, 1.82) is 0 Å². The number of benzene rings is 1. The predicted octanol–water partition coefficient (Wildman–Crippen LogP) is 3.31. The summed E-state index contributed by atoms with van der Waals surface area (Å²) in [7, 11) is 0. The zero-order chi connectivity index (χ0) is 14.1. The molecule has 2 heterocycles. The summed E-state index contributed by atoms with van der Waals surface area (Å²) in [5.41, 5.74) is 7.99. The molecule has 2 N–H and O–H groups in total. The largest absolute Gasteiger partial charge is 0.384 e. The first-order valence-electron chi connectivity index (χ1n) is 5.85. The van der Waals surface area contributed by atoms with Gasteiger partial charge in [-0.25, -0.2) is 14.4 Å². The molecule has 0 fully saturated rings. The van der Waals surface area contributed by atoms with Gasteiger partial charge in [0.15, 0.2) is 0 Å². The van der Waals surface area contributed by atoms with Crippen LogP contribution in [0.25, 0.3) is 16.9 Å². The Bertz CT molecular complexity index is 769. The lowest BCUT2D eigenvalue weighted by molar-refractivity contribution is 0.627. The molecule has 0 atom stereocenters. The number of nitrogen functional groups attached to an aromatic ring is 1. The molecule has 1 aromatic carbocycles. The van der Waals surface area contributed by atoms with Gasteiger partial charge in [0, 0.05) is 11.8 Å². The molecule has 0 amide bonds. The van der Waals surface area contributed by atoms with E-state index in [2.05, 4.69) is 9.97 Å². The van der Waals surface area contributed by atoms with E-state index in [0.29, 0.717) is 16.5 Å². The third kappa shape index (κ3) is 2.23. The number of hydrogen-bond donors (Lipinski definition) is 1. The summed E-state index contributed by atoms with van der Waals surface area (Å²) in [5, 5.41) is 0.311. The second-order valence-corrected chi connectivity index (χ2v) is 4.62. The summed E-state index contributed by atoms with van der Waals surface area (Å²) in [6, 6.07) is 7.78. The Morgan fingerprint density at radius 2 is 2.05 bits per heavy atom. The zero-order valence-electron chi connectivity index (χ0n) is 10.3. The molecule has 0 aliphatic heterocycles. The highest BCUT2D eigenvalue weighted by atomic mass is 35.5. The third-order valence-corrected chi connectivity index (χ3v) is 3.19. The highest BCUT2D eigenvalue weighted by molar-refractivity contribution is 6.32. The monoisotopic (exact) mass is 288 g/mol. The third-order valence-electron chi connectivity index (χ3n) is 2.88. The second kappa shape index (κ2) is 4.94. The van der Waals surface area contributed by atoms with Crippen molar-refractivity contribution in [3.63, 3.8) is 0 Å². The lowest BCUT2D eigenvalue weighted by atomic mass is 10.2. The van der Waals surface area contributed by atoms with Crippen molar-refractivity contribution in [3.05, 3.63) is 59.9 Å². The lowest BCUT2D eigenvalue weighted by Crippen LogP contribution is -1.98. The van der Waals surface area contributed by atoms with E-state index >= 15 is 0 Å². The Balaban J connectivity index is 2.15. The van der Waals surface area contributed by atoms with Gasteiger partial charge in [-0.15, -0.1) is 0 Å². The number of nitrogens with zero attached hydrogens (tertiary/aromatic N) is 3. The van der Waals surface area contributed by atoms with Crippen molar-refractivity contribution in [2.75, 3.05) is 5.73 Å². The first kappa shape index (κ1) is 12.6. The van der Waals surface area contributed by atoms with Gasteiger partial charge in [-0.1, -0.05) is 11.6 Å². The number of anilines is 1. The molecule has 0 aliphatic carbocycles. The van der Waals surface area contributed by atoms with Crippen LogP contribution in [0.1, 0.15) is 0 Å². The minimum atomic E-state index is -0.381. The highest BCUT2D eigenvalue weighted by Gasteiger charge is 2.11. The van der Waals surface area contributed by atoms with Crippen molar-refractivity contribution in [3.8, 4) is 16.9 Å². The molecule has 4 nitrogen and oxygen atoms in total. The number of hydrogen-bond acceptors (Lipinski definition) is 3. The molecular formula is C14H10ClFN4. The van der Waals surface area contributed by atoms with Crippen LogP contribution in [0.5, 0.6) is 0 Å². The smallest absolute Gasteiger partial charge is 0.124 e. The summed E-state index contributed by atoms with van der Waals surface area (Å²) in [6.45, 7) is 0. The Hall–Kier alpha value is -2.40. The average Bonchev–Trinajstić information content (AvgIpc) is 2.87. The van der Waals surface area contributed by atoms with Gasteiger partial charge < -0.3 is 5.73 Å². The van der Waals surface area contributed by atoms with Crippen molar-refractivity contribution in [1.82, 2.24) is 14.5 Å². The van der Waals surface area contributed by atoms with Crippen LogP contribution in [-0.2, 0) is 0 Å². The molecule has 6 heteroatoms. The van der Waals surface area contributed by atoms with Crippen LogP contribution in [0.2, 0.25) is 5.02 Å². The Kier molecular flexibility index (Phi) is 3.12. The molecule has 20 heavy (non-hydrogen) atoms. The van der Waals surface area contributed by atoms with Crippen molar-refractivity contribution in [2.24, 2.45) is 0 Å². The number of rotatable bonds is 2. The van der Waals surface area contributed by atoms with Gasteiger partial charge in [-0.2, -0.15) is 0 Å². The van der Waals surface area contributed by atoms with E-state index in [1.54, 1.807) is 35.4 Å². The number of imidazole rings is 1. The minimum Gasteiger partial charge on any atom is -0.384 e. The van der Waals surface area contributed by atoms with E-state index in [4.69, 9.17) is 17.3 Å². The summed E-state index contributed by atoms with van der Waals surface area (Å²) in [5.74, 6) is 0.0361. The quantitative estimate of drug-likeness (QED) is 0.787. The minimum absolute atomic E-state index is 0.311. The average molecular weight is 289 g/mol. The van der Waals surface area contributed by atoms with Gasteiger partial charge in [0.05, 0.1) is 28.9 Å². The van der Waals surface area contributed by atoms with Crippen molar-refractivity contribution < 1.29 is 4.39 Å². The van der Waals surface area contributed by atoms with E-state index in [9.17, 15) is 4.39 Å². The van der Waals surface area contributed by atoms with Gasteiger partial charge in [0.25, 0.3) is 0 Å². The summed E-state index contributed by atoms with van der Waals surface area (Å²) < 4.78 is 14.9. The maximum absolute atomic E-state index is 13.1. The van der Waals surface area contributed by atoms with E-state index in [0.717, 1.165) is 11.3 Å². The maximum atomic E-state index is 13.1. The van der Waals surface area contributed by atoms with Gasteiger partial charge in [0.2, 0.25) is 0 Å². The number of halogens is 2. The standard InChI is InChI=1S/C14H10ClFN4/c15-11-6-10(16)1-2-12(11)20-8-18-7-13(20)9-3-4-19-14(17)5-9/h1-8H,(H2,17,19). The fourth-order valence-electron chi connectivity index (χ4n) is 1.98. The van der Waals surface area contributed by atoms with Crippen LogP contribution in [-0.4, -0.2) is 14.5 Å². The molecule has 2 aromatic heterocycles. The van der Waals surface area contributed by atoms with E-state index in [1.807, 2.05) is 6.07 Å². The van der Waals surface area contributed by atoms with Crippen molar-refractivity contribution in [2.45, 2.75) is 0 Å². The SMILES string of the molecule is Nc1cc(-c2cncn2-c2ccc(F)cc2Cl)ccn1. The Labute approximate surface area is 119 Å². The molecule has 0 aliphatic rings. The zero-order valence-corrected chi connectivity index (χ0v) is 11.0. The summed E-state index contributed by atoms with van der Waals surface area (Å²) >= 11 is 6.09. The molecule has 0 spiro atoms. The van der Waals surface area contributed by atoms with Gasteiger partial charge in [-0.05, 0) is 30.3 Å². The topological polar surface area (TPSA) is 56.7 Å². The van der Waals surface area contributed by atoms with E-state index < -0.39 is 0 Å². The molecule has 0 saturated carbocycles. The van der Waals surface area contributed by atoms with Crippen LogP contribution < -0.4 is 5.73 Å². The second-order valence-electron chi connectivity index (χ2n) is 4.21. The predicted molar refractivity (Wildman–Crippen MR) is 76.2 cm³/mol. The van der Waals surface area contributed by atoms with Gasteiger partial charge >= 0.3 is 0 Å². The van der Waals surface area contributed by atoms with Gasteiger partial charge in [-0.3, -0.25) is 4.57 Å². The molecule has 3 rings (SSSR count). The first-order chi connectivity index (χ1) is 9.65. The van der Waals surface area contributed by atoms with Crippen LogP contribution in [0.4, 0.5) is 10.2 Å².